The number of epoxide rings is 1. The molecule has 0 saturated carbocycles. The molecule has 0 unspecified atom stereocenters. The summed E-state index contributed by atoms with van der Waals surface area (Å²) >= 11 is 0. The fraction of sp³-hybridized carbons (Fsp3) is 0.533. The summed E-state index contributed by atoms with van der Waals surface area (Å²) in [7, 11) is 0. The Balaban J connectivity index is 1.85. The van der Waals surface area contributed by atoms with E-state index in [-0.39, 0.29) is 12.1 Å². The van der Waals surface area contributed by atoms with E-state index in [4.69, 9.17) is 9.47 Å². The Morgan fingerprint density at radius 2 is 2.06 bits per heavy atom. The topological polar surface area (TPSA) is 38.8 Å². The number of carbonyl (C=O) groups is 1. The number of hydrogen-bond donors (Lipinski definition) is 0. The Labute approximate surface area is 108 Å². The SMILES string of the molecule is CCCCCOC(=O)[C@@]1(C)O[C@@H]1c1ccccc1. The number of ether oxygens (including phenoxy) is 2. The first-order chi connectivity index (χ1) is 8.68. The number of hydrogen-bond acceptors (Lipinski definition) is 3. The van der Waals surface area contributed by atoms with E-state index in [1.807, 2.05) is 30.3 Å². The van der Waals surface area contributed by atoms with Crippen molar-refractivity contribution < 1.29 is 14.3 Å². The van der Waals surface area contributed by atoms with Crippen LogP contribution in [0.3, 0.4) is 0 Å². The van der Waals surface area contributed by atoms with Gasteiger partial charge in [-0.1, -0.05) is 50.1 Å². The Kier molecular flexibility index (Phi) is 4.02. The van der Waals surface area contributed by atoms with Gasteiger partial charge >= 0.3 is 5.97 Å². The lowest BCUT2D eigenvalue weighted by molar-refractivity contribution is -0.149. The Morgan fingerprint density at radius 3 is 2.72 bits per heavy atom. The van der Waals surface area contributed by atoms with Crippen LogP contribution in [0.2, 0.25) is 0 Å². The van der Waals surface area contributed by atoms with Gasteiger partial charge in [0.1, 0.15) is 6.10 Å². The molecule has 1 aromatic carbocycles. The second-order valence-electron chi connectivity index (χ2n) is 4.86. The zero-order valence-corrected chi connectivity index (χ0v) is 11.0. The van der Waals surface area contributed by atoms with E-state index in [9.17, 15) is 4.79 Å². The Morgan fingerprint density at radius 1 is 1.33 bits per heavy atom. The summed E-state index contributed by atoms with van der Waals surface area (Å²) in [5.41, 5.74) is 0.249. The maximum Gasteiger partial charge on any atom is 0.341 e. The second-order valence-corrected chi connectivity index (χ2v) is 4.86. The van der Waals surface area contributed by atoms with Crippen LogP contribution in [0, 0.1) is 0 Å². The molecule has 1 aliphatic rings. The molecular weight excluding hydrogens is 228 g/mol. The molecule has 18 heavy (non-hydrogen) atoms. The first-order valence-corrected chi connectivity index (χ1v) is 6.58. The molecule has 1 saturated heterocycles. The molecule has 3 heteroatoms. The monoisotopic (exact) mass is 248 g/mol. The molecule has 0 aliphatic carbocycles. The van der Waals surface area contributed by atoms with E-state index >= 15 is 0 Å². The summed E-state index contributed by atoms with van der Waals surface area (Å²) in [6, 6.07) is 9.79. The quantitative estimate of drug-likeness (QED) is 0.440. The van der Waals surface area contributed by atoms with E-state index in [0.29, 0.717) is 6.61 Å². The van der Waals surface area contributed by atoms with Crippen LogP contribution < -0.4 is 0 Å². The summed E-state index contributed by atoms with van der Waals surface area (Å²) in [5.74, 6) is -0.243. The Bertz CT molecular complexity index is 401. The van der Waals surface area contributed by atoms with Crippen LogP contribution in [-0.4, -0.2) is 18.2 Å². The van der Waals surface area contributed by atoms with Crippen LogP contribution in [-0.2, 0) is 14.3 Å². The minimum absolute atomic E-state index is 0.155. The lowest BCUT2D eigenvalue weighted by Crippen LogP contribution is -2.24. The van der Waals surface area contributed by atoms with Gasteiger partial charge in [-0.2, -0.15) is 0 Å². The van der Waals surface area contributed by atoms with E-state index in [2.05, 4.69) is 6.92 Å². The number of benzene rings is 1. The largest absolute Gasteiger partial charge is 0.463 e. The van der Waals surface area contributed by atoms with Crippen LogP contribution >= 0.6 is 0 Å². The van der Waals surface area contributed by atoms with Crippen LogP contribution in [0.5, 0.6) is 0 Å². The highest BCUT2D eigenvalue weighted by Gasteiger charge is 2.60. The van der Waals surface area contributed by atoms with Gasteiger partial charge in [0.15, 0.2) is 5.60 Å². The molecule has 0 bridgehead atoms. The van der Waals surface area contributed by atoms with Crippen molar-refractivity contribution >= 4 is 5.97 Å². The molecule has 1 fully saturated rings. The van der Waals surface area contributed by atoms with Crippen LogP contribution in [0.25, 0.3) is 0 Å². The van der Waals surface area contributed by atoms with Gasteiger partial charge in [-0.25, -0.2) is 4.79 Å². The van der Waals surface area contributed by atoms with Crippen molar-refractivity contribution in [1.29, 1.82) is 0 Å². The molecule has 0 spiro atoms. The maximum absolute atomic E-state index is 11.9. The molecule has 2 atom stereocenters. The average Bonchev–Trinajstić information content (AvgIpc) is 3.09. The van der Waals surface area contributed by atoms with Gasteiger partial charge in [-0.05, 0) is 18.9 Å². The summed E-state index contributed by atoms with van der Waals surface area (Å²) < 4.78 is 10.8. The third kappa shape index (κ3) is 2.72. The molecule has 0 radical (unpaired) electrons. The molecule has 1 aromatic rings. The molecule has 0 amide bonds. The summed E-state index contributed by atoms with van der Waals surface area (Å²) in [5, 5.41) is 0. The van der Waals surface area contributed by atoms with Crippen molar-refractivity contribution in [2.24, 2.45) is 0 Å². The highest BCUT2D eigenvalue weighted by atomic mass is 16.7. The van der Waals surface area contributed by atoms with Gasteiger partial charge in [0.25, 0.3) is 0 Å². The molecule has 3 nitrogen and oxygen atoms in total. The molecule has 0 aromatic heterocycles. The first-order valence-electron chi connectivity index (χ1n) is 6.58. The van der Waals surface area contributed by atoms with Gasteiger partial charge in [0.2, 0.25) is 0 Å². The fourth-order valence-electron chi connectivity index (χ4n) is 2.04. The smallest absolute Gasteiger partial charge is 0.341 e. The number of carbonyl (C=O) groups excluding carboxylic acids is 1. The van der Waals surface area contributed by atoms with Gasteiger partial charge in [-0.3, -0.25) is 0 Å². The zero-order chi connectivity index (χ0) is 13.0. The van der Waals surface area contributed by atoms with Crippen LogP contribution in [0.15, 0.2) is 30.3 Å². The zero-order valence-electron chi connectivity index (χ0n) is 11.0. The summed E-state index contributed by atoms with van der Waals surface area (Å²) in [4.78, 5) is 11.9. The predicted octanol–water partition coefficient (Wildman–Crippen LogP) is 3.25. The third-order valence-electron chi connectivity index (χ3n) is 3.29. The number of esters is 1. The van der Waals surface area contributed by atoms with Crippen LogP contribution in [0.1, 0.15) is 44.8 Å². The number of unbranched alkanes of at least 4 members (excludes halogenated alkanes) is 2. The Hall–Kier alpha value is -1.35. The van der Waals surface area contributed by atoms with E-state index in [0.717, 1.165) is 24.8 Å². The summed E-state index contributed by atoms with van der Waals surface area (Å²) in [6.45, 7) is 4.42. The van der Waals surface area contributed by atoms with Crippen molar-refractivity contribution in [3.05, 3.63) is 35.9 Å². The van der Waals surface area contributed by atoms with E-state index in [1.165, 1.54) is 0 Å². The molecular formula is C15H20O3. The maximum atomic E-state index is 11.9. The highest BCUT2D eigenvalue weighted by molar-refractivity contribution is 5.83. The second kappa shape index (κ2) is 5.53. The minimum Gasteiger partial charge on any atom is -0.463 e. The van der Waals surface area contributed by atoms with E-state index in [1.54, 1.807) is 6.92 Å². The third-order valence-corrected chi connectivity index (χ3v) is 3.29. The van der Waals surface area contributed by atoms with Crippen molar-refractivity contribution in [2.75, 3.05) is 6.61 Å². The van der Waals surface area contributed by atoms with E-state index < -0.39 is 5.60 Å². The summed E-state index contributed by atoms with van der Waals surface area (Å²) in [6.07, 6.45) is 2.98. The normalized spacial score (nSPS) is 25.8. The molecule has 1 heterocycles. The first kappa shape index (κ1) is 13.1. The van der Waals surface area contributed by atoms with Crippen molar-refractivity contribution in [1.82, 2.24) is 0 Å². The van der Waals surface area contributed by atoms with Crippen molar-refractivity contribution in [3.8, 4) is 0 Å². The van der Waals surface area contributed by atoms with Gasteiger partial charge in [0.05, 0.1) is 6.61 Å². The standard InChI is InChI=1S/C15H20O3/c1-3-4-8-11-17-14(16)15(2)13(18-15)12-9-6-5-7-10-12/h5-7,9-10,13H,3-4,8,11H2,1-2H3/t13-,15+/m1/s1. The molecule has 2 rings (SSSR count). The molecule has 0 N–H and O–H groups in total. The van der Waals surface area contributed by atoms with Crippen molar-refractivity contribution in [2.45, 2.75) is 44.8 Å². The van der Waals surface area contributed by atoms with Gasteiger partial charge in [0, 0.05) is 0 Å². The highest BCUT2D eigenvalue weighted by Crippen LogP contribution is 2.49. The van der Waals surface area contributed by atoms with Gasteiger partial charge < -0.3 is 9.47 Å². The predicted molar refractivity (Wildman–Crippen MR) is 69.2 cm³/mol. The van der Waals surface area contributed by atoms with Crippen molar-refractivity contribution in [3.63, 3.8) is 0 Å². The average molecular weight is 248 g/mol. The lowest BCUT2D eigenvalue weighted by atomic mass is 10.0. The molecule has 1 aliphatic heterocycles. The minimum atomic E-state index is -0.784. The lowest BCUT2D eigenvalue weighted by Gasteiger charge is -2.07. The number of rotatable bonds is 6. The fourth-order valence-corrected chi connectivity index (χ4v) is 2.04. The van der Waals surface area contributed by atoms with Crippen LogP contribution in [0.4, 0.5) is 0 Å². The van der Waals surface area contributed by atoms with Gasteiger partial charge in [-0.15, -0.1) is 0 Å². The molecule has 98 valence electrons.